The van der Waals surface area contributed by atoms with E-state index >= 15 is 0 Å². The molecule has 0 saturated heterocycles. The van der Waals surface area contributed by atoms with Crippen LogP contribution in [-0.2, 0) is 9.84 Å². The standard InChI is InChI=1S/C18H32N4O2S.HI/c1-14(2)17(22-16-9-7-6-8-10-16)13-20-18(19-4)21-15(3)11-12-25(5,23)24;/h6-10,14-15,17,22H,11-13H2,1-5H3,(H2,19,20,21);1H. The van der Waals surface area contributed by atoms with Crippen LogP contribution in [0.5, 0.6) is 0 Å². The number of nitrogens with one attached hydrogen (secondary N) is 3. The zero-order chi connectivity index (χ0) is 18.9. The van der Waals surface area contributed by atoms with Crippen molar-refractivity contribution in [1.82, 2.24) is 10.6 Å². The molecule has 0 radical (unpaired) electrons. The predicted octanol–water partition coefficient (Wildman–Crippen LogP) is 2.73. The fraction of sp³-hybridized carbons (Fsp3) is 0.611. The number of hydrogen-bond acceptors (Lipinski definition) is 4. The number of sulfone groups is 1. The number of nitrogens with zero attached hydrogens (tertiary/aromatic N) is 1. The maximum Gasteiger partial charge on any atom is 0.191 e. The van der Waals surface area contributed by atoms with Crippen molar-refractivity contribution >= 4 is 45.5 Å². The summed E-state index contributed by atoms with van der Waals surface area (Å²) >= 11 is 0. The van der Waals surface area contributed by atoms with Crippen molar-refractivity contribution in [2.45, 2.75) is 39.3 Å². The van der Waals surface area contributed by atoms with Crippen LogP contribution < -0.4 is 16.0 Å². The smallest absolute Gasteiger partial charge is 0.191 e. The maximum absolute atomic E-state index is 11.3. The normalized spacial score (nSPS) is 14.3. The molecular weight excluding hydrogens is 463 g/mol. The van der Waals surface area contributed by atoms with Crippen molar-refractivity contribution in [2.24, 2.45) is 10.9 Å². The van der Waals surface area contributed by atoms with Gasteiger partial charge in [0.15, 0.2) is 5.96 Å². The van der Waals surface area contributed by atoms with Gasteiger partial charge in [-0.2, -0.15) is 0 Å². The number of anilines is 1. The Morgan fingerprint density at radius 2 is 1.77 bits per heavy atom. The number of benzene rings is 1. The van der Waals surface area contributed by atoms with Crippen molar-refractivity contribution in [1.29, 1.82) is 0 Å². The van der Waals surface area contributed by atoms with Crippen LogP contribution in [0.3, 0.4) is 0 Å². The van der Waals surface area contributed by atoms with E-state index in [1.165, 1.54) is 6.26 Å². The molecule has 1 aromatic carbocycles. The summed E-state index contributed by atoms with van der Waals surface area (Å²) < 4.78 is 22.5. The molecule has 2 unspecified atom stereocenters. The molecule has 0 aliphatic heterocycles. The van der Waals surface area contributed by atoms with Gasteiger partial charge in [-0.05, 0) is 31.4 Å². The van der Waals surface area contributed by atoms with E-state index in [4.69, 9.17) is 0 Å². The Morgan fingerprint density at radius 1 is 1.15 bits per heavy atom. The fourth-order valence-electron chi connectivity index (χ4n) is 2.30. The van der Waals surface area contributed by atoms with Gasteiger partial charge in [0.1, 0.15) is 9.84 Å². The van der Waals surface area contributed by atoms with Gasteiger partial charge in [0, 0.05) is 37.6 Å². The van der Waals surface area contributed by atoms with E-state index in [-0.39, 0.29) is 41.8 Å². The zero-order valence-electron chi connectivity index (χ0n) is 16.3. The Bertz CT molecular complexity index is 636. The average molecular weight is 496 g/mol. The first-order valence-electron chi connectivity index (χ1n) is 8.67. The molecular formula is C18H33IN4O2S. The lowest BCUT2D eigenvalue weighted by atomic mass is 10.0. The molecule has 26 heavy (non-hydrogen) atoms. The molecule has 150 valence electrons. The van der Waals surface area contributed by atoms with Gasteiger partial charge in [0.05, 0.1) is 5.75 Å². The van der Waals surface area contributed by atoms with Gasteiger partial charge in [0.25, 0.3) is 0 Å². The van der Waals surface area contributed by atoms with Gasteiger partial charge < -0.3 is 16.0 Å². The molecule has 0 aromatic heterocycles. The Labute approximate surface area is 175 Å². The Hall–Kier alpha value is -1.03. The van der Waals surface area contributed by atoms with E-state index < -0.39 is 9.84 Å². The number of para-hydroxylation sites is 1. The molecule has 0 fully saturated rings. The Morgan fingerprint density at radius 3 is 2.27 bits per heavy atom. The highest BCUT2D eigenvalue weighted by atomic mass is 127. The molecule has 0 spiro atoms. The first-order valence-corrected chi connectivity index (χ1v) is 10.7. The SMILES string of the molecule is CN=C(NCC(Nc1ccccc1)C(C)C)NC(C)CCS(C)(=O)=O.I. The number of hydrogen-bond donors (Lipinski definition) is 3. The van der Waals surface area contributed by atoms with Crippen LogP contribution in [0, 0.1) is 5.92 Å². The van der Waals surface area contributed by atoms with Gasteiger partial charge in [0.2, 0.25) is 0 Å². The molecule has 6 nitrogen and oxygen atoms in total. The van der Waals surface area contributed by atoms with E-state index in [1.807, 2.05) is 25.1 Å². The fourth-order valence-corrected chi connectivity index (χ4v) is 3.08. The monoisotopic (exact) mass is 496 g/mol. The number of rotatable bonds is 9. The third kappa shape index (κ3) is 10.8. The highest BCUT2D eigenvalue weighted by molar-refractivity contribution is 14.0. The van der Waals surface area contributed by atoms with Gasteiger partial charge in [-0.15, -0.1) is 24.0 Å². The quantitative estimate of drug-likeness (QED) is 0.278. The minimum atomic E-state index is -2.94. The first kappa shape index (κ1) is 25.0. The highest BCUT2D eigenvalue weighted by Crippen LogP contribution is 2.11. The molecule has 3 N–H and O–H groups in total. The molecule has 0 saturated carbocycles. The molecule has 0 bridgehead atoms. The summed E-state index contributed by atoms with van der Waals surface area (Å²) in [6.07, 6.45) is 1.81. The van der Waals surface area contributed by atoms with Gasteiger partial charge in [-0.3, -0.25) is 4.99 Å². The number of aliphatic imine (C=N–C) groups is 1. The lowest BCUT2D eigenvalue weighted by Crippen LogP contribution is -2.47. The lowest BCUT2D eigenvalue weighted by Gasteiger charge is -2.26. The summed E-state index contributed by atoms with van der Waals surface area (Å²) in [5.41, 5.74) is 1.09. The van der Waals surface area contributed by atoms with Crippen molar-refractivity contribution in [2.75, 3.05) is 30.9 Å². The lowest BCUT2D eigenvalue weighted by molar-refractivity contribution is 0.509. The zero-order valence-corrected chi connectivity index (χ0v) is 19.5. The van der Waals surface area contributed by atoms with Crippen LogP contribution >= 0.6 is 24.0 Å². The van der Waals surface area contributed by atoms with Crippen molar-refractivity contribution < 1.29 is 8.42 Å². The Balaban J connectivity index is 0.00000625. The molecule has 2 atom stereocenters. The van der Waals surface area contributed by atoms with Crippen LogP contribution in [-0.4, -0.2) is 52.1 Å². The summed E-state index contributed by atoms with van der Waals surface area (Å²) in [7, 11) is -1.23. The van der Waals surface area contributed by atoms with Gasteiger partial charge >= 0.3 is 0 Å². The second kappa shape index (κ2) is 12.4. The number of halogens is 1. The van der Waals surface area contributed by atoms with E-state index in [2.05, 4.69) is 46.9 Å². The second-order valence-electron chi connectivity index (χ2n) is 6.78. The van der Waals surface area contributed by atoms with E-state index in [0.29, 0.717) is 24.8 Å². The summed E-state index contributed by atoms with van der Waals surface area (Å²) in [5.74, 6) is 1.29. The number of guanidine groups is 1. The minimum Gasteiger partial charge on any atom is -0.380 e. The van der Waals surface area contributed by atoms with Crippen molar-refractivity contribution in [3.05, 3.63) is 30.3 Å². The first-order chi connectivity index (χ1) is 11.7. The minimum absolute atomic E-state index is 0. The van der Waals surface area contributed by atoms with Crippen LogP contribution in [0.15, 0.2) is 35.3 Å². The topological polar surface area (TPSA) is 82.6 Å². The van der Waals surface area contributed by atoms with Crippen LogP contribution in [0.4, 0.5) is 5.69 Å². The molecule has 8 heteroatoms. The largest absolute Gasteiger partial charge is 0.380 e. The molecule has 1 aromatic rings. The van der Waals surface area contributed by atoms with E-state index in [0.717, 1.165) is 5.69 Å². The molecule has 0 aliphatic rings. The van der Waals surface area contributed by atoms with Gasteiger partial charge in [-0.1, -0.05) is 32.0 Å². The molecule has 0 heterocycles. The predicted molar refractivity (Wildman–Crippen MR) is 122 cm³/mol. The van der Waals surface area contributed by atoms with Crippen molar-refractivity contribution in [3.63, 3.8) is 0 Å². The Kier molecular flexibility index (Phi) is 11.9. The molecule has 0 aliphatic carbocycles. The highest BCUT2D eigenvalue weighted by Gasteiger charge is 2.15. The van der Waals surface area contributed by atoms with E-state index in [9.17, 15) is 8.42 Å². The van der Waals surface area contributed by atoms with Gasteiger partial charge in [-0.25, -0.2) is 8.42 Å². The third-order valence-corrected chi connectivity index (χ3v) is 4.93. The van der Waals surface area contributed by atoms with Crippen LogP contribution in [0.25, 0.3) is 0 Å². The van der Waals surface area contributed by atoms with Crippen molar-refractivity contribution in [3.8, 4) is 0 Å². The summed E-state index contributed by atoms with van der Waals surface area (Å²) in [6, 6.07) is 10.4. The molecule has 1 rings (SSSR count). The molecule has 0 amide bonds. The maximum atomic E-state index is 11.3. The second-order valence-corrected chi connectivity index (χ2v) is 9.04. The summed E-state index contributed by atoms with van der Waals surface area (Å²) in [5, 5.41) is 10.1. The summed E-state index contributed by atoms with van der Waals surface area (Å²) in [6.45, 7) is 7.02. The third-order valence-electron chi connectivity index (χ3n) is 3.95. The summed E-state index contributed by atoms with van der Waals surface area (Å²) in [4.78, 5) is 4.23. The van der Waals surface area contributed by atoms with Crippen LogP contribution in [0.2, 0.25) is 0 Å². The van der Waals surface area contributed by atoms with Crippen LogP contribution in [0.1, 0.15) is 27.2 Å². The average Bonchev–Trinajstić information content (AvgIpc) is 2.55. The van der Waals surface area contributed by atoms with E-state index in [1.54, 1.807) is 7.05 Å².